The summed E-state index contributed by atoms with van der Waals surface area (Å²) in [5.41, 5.74) is -4.13. The smallest absolute Gasteiger partial charge is 0.497 e. The van der Waals surface area contributed by atoms with Crippen molar-refractivity contribution in [2.45, 2.75) is 23.5 Å². The highest BCUT2D eigenvalue weighted by Crippen LogP contribution is 2.32. The monoisotopic (exact) mass is 562 g/mol. The van der Waals surface area contributed by atoms with Gasteiger partial charge in [0.2, 0.25) is 0 Å². The van der Waals surface area contributed by atoms with E-state index in [1.54, 1.807) is 37.4 Å². The molecular formula is C25H21F3N4O6S. The molecule has 14 heteroatoms. The predicted octanol–water partition coefficient (Wildman–Crippen LogP) is 3.28. The molecular weight excluding hydrogens is 541 g/mol. The lowest BCUT2D eigenvalue weighted by atomic mass is 10.2. The minimum Gasteiger partial charge on any atom is -0.497 e. The van der Waals surface area contributed by atoms with E-state index in [9.17, 15) is 36.0 Å². The molecule has 2 aromatic carbocycles. The normalized spacial score (nSPS) is 14.1. The number of sulfone groups is 1. The first-order chi connectivity index (χ1) is 18.4. The average Bonchev–Trinajstić information content (AvgIpc) is 3.19. The number of pyridine rings is 1. The Morgan fingerprint density at radius 2 is 1.69 bits per heavy atom. The van der Waals surface area contributed by atoms with Gasteiger partial charge in [-0.25, -0.2) is 18.1 Å². The van der Waals surface area contributed by atoms with Crippen LogP contribution in [0.4, 0.5) is 23.7 Å². The molecule has 0 atom stereocenters. The summed E-state index contributed by atoms with van der Waals surface area (Å²) in [5, 5.41) is 2.74. The molecule has 0 bridgehead atoms. The van der Waals surface area contributed by atoms with Crippen LogP contribution in [0, 0.1) is 0 Å². The molecule has 4 amide bonds. The molecule has 4 rings (SSSR count). The van der Waals surface area contributed by atoms with Crippen molar-refractivity contribution >= 4 is 33.4 Å². The Balaban J connectivity index is 1.42. The van der Waals surface area contributed by atoms with Crippen molar-refractivity contribution in [1.82, 2.24) is 15.2 Å². The van der Waals surface area contributed by atoms with Crippen molar-refractivity contribution in [3.05, 3.63) is 83.7 Å². The SMILES string of the molecule is COc1ccc(CNC(=O)c2cc(CN3CC(=O)N(c4ccc(S(=O)(=O)C(F)(F)F)cc4)C3=O)ccn2)cc1. The highest BCUT2D eigenvalue weighted by atomic mass is 32.2. The predicted molar refractivity (Wildman–Crippen MR) is 131 cm³/mol. The van der Waals surface area contributed by atoms with E-state index >= 15 is 0 Å². The first-order valence-corrected chi connectivity index (χ1v) is 12.8. The number of methoxy groups -OCH3 is 1. The molecule has 0 radical (unpaired) electrons. The van der Waals surface area contributed by atoms with Gasteiger partial charge in [0.15, 0.2) is 0 Å². The lowest BCUT2D eigenvalue weighted by molar-refractivity contribution is -0.116. The van der Waals surface area contributed by atoms with Crippen molar-refractivity contribution in [2.24, 2.45) is 0 Å². The maximum Gasteiger partial charge on any atom is 0.501 e. The number of rotatable bonds is 8. The van der Waals surface area contributed by atoms with Gasteiger partial charge in [0, 0.05) is 19.3 Å². The van der Waals surface area contributed by atoms with Crippen LogP contribution in [0.15, 0.2) is 71.8 Å². The van der Waals surface area contributed by atoms with Crippen LogP contribution in [0.2, 0.25) is 0 Å². The quantitative estimate of drug-likeness (QED) is 0.418. The van der Waals surface area contributed by atoms with Gasteiger partial charge in [0.05, 0.1) is 17.7 Å². The molecule has 1 aliphatic heterocycles. The van der Waals surface area contributed by atoms with E-state index in [4.69, 9.17) is 4.74 Å². The number of halogens is 3. The zero-order chi connectivity index (χ0) is 28.4. The van der Waals surface area contributed by atoms with Gasteiger partial charge in [0.1, 0.15) is 18.0 Å². The molecule has 0 unspecified atom stereocenters. The number of aromatic nitrogens is 1. The Hall–Kier alpha value is -4.46. The molecule has 0 aliphatic carbocycles. The fourth-order valence-electron chi connectivity index (χ4n) is 3.77. The number of anilines is 1. The van der Waals surface area contributed by atoms with E-state index in [0.717, 1.165) is 22.6 Å². The third-order valence-electron chi connectivity index (χ3n) is 5.79. The van der Waals surface area contributed by atoms with Gasteiger partial charge in [-0.2, -0.15) is 13.2 Å². The van der Waals surface area contributed by atoms with E-state index in [1.807, 2.05) is 0 Å². The van der Waals surface area contributed by atoms with Gasteiger partial charge in [-0.3, -0.25) is 14.6 Å². The van der Waals surface area contributed by atoms with Crippen LogP contribution in [-0.2, 0) is 27.7 Å². The van der Waals surface area contributed by atoms with Crippen LogP contribution < -0.4 is 15.0 Å². The molecule has 1 saturated heterocycles. The highest BCUT2D eigenvalue weighted by Gasteiger charge is 2.47. The first kappa shape index (κ1) is 27.6. The largest absolute Gasteiger partial charge is 0.501 e. The third kappa shape index (κ3) is 5.85. The second-order valence-electron chi connectivity index (χ2n) is 8.39. The number of amides is 4. The van der Waals surface area contributed by atoms with Gasteiger partial charge in [-0.05, 0) is 59.7 Å². The van der Waals surface area contributed by atoms with Gasteiger partial charge in [0.25, 0.3) is 21.7 Å². The van der Waals surface area contributed by atoms with Crippen molar-refractivity contribution in [1.29, 1.82) is 0 Å². The molecule has 1 fully saturated rings. The van der Waals surface area contributed by atoms with Crippen LogP contribution in [0.5, 0.6) is 5.75 Å². The topological polar surface area (TPSA) is 126 Å². The maximum atomic E-state index is 12.9. The van der Waals surface area contributed by atoms with Gasteiger partial charge < -0.3 is 15.0 Å². The lowest BCUT2D eigenvalue weighted by Gasteiger charge is -2.18. The number of hydrogen-bond acceptors (Lipinski definition) is 7. The third-order valence-corrected chi connectivity index (χ3v) is 7.29. The molecule has 2 heterocycles. The van der Waals surface area contributed by atoms with Gasteiger partial charge in [-0.1, -0.05) is 12.1 Å². The summed E-state index contributed by atoms with van der Waals surface area (Å²) < 4.78 is 66.6. The summed E-state index contributed by atoms with van der Waals surface area (Å²) in [6.45, 7) is -0.141. The number of imide groups is 1. The van der Waals surface area contributed by atoms with Crippen LogP contribution in [0.25, 0.3) is 0 Å². The molecule has 204 valence electrons. The minimum absolute atomic E-state index is 0.0527. The number of nitrogens with zero attached hydrogens (tertiary/aromatic N) is 3. The fraction of sp³-hybridized carbons (Fsp3) is 0.200. The number of urea groups is 1. The van der Waals surface area contributed by atoms with Crippen LogP contribution in [0.1, 0.15) is 21.6 Å². The maximum absolute atomic E-state index is 12.9. The fourth-order valence-corrected chi connectivity index (χ4v) is 4.53. The second kappa shape index (κ2) is 10.7. The van der Waals surface area contributed by atoms with Crippen molar-refractivity contribution in [2.75, 3.05) is 18.6 Å². The number of nitrogens with one attached hydrogen (secondary N) is 1. The average molecular weight is 563 g/mol. The second-order valence-corrected chi connectivity index (χ2v) is 10.3. The summed E-state index contributed by atoms with van der Waals surface area (Å²) in [5.74, 6) is -0.427. The Morgan fingerprint density at radius 1 is 1.03 bits per heavy atom. The summed E-state index contributed by atoms with van der Waals surface area (Å²) >= 11 is 0. The molecule has 39 heavy (non-hydrogen) atoms. The van der Waals surface area contributed by atoms with Crippen LogP contribution >= 0.6 is 0 Å². The Labute approximate surface area is 220 Å². The Morgan fingerprint density at radius 3 is 2.31 bits per heavy atom. The zero-order valence-electron chi connectivity index (χ0n) is 20.3. The molecule has 0 saturated carbocycles. The number of carbonyl (C=O) groups is 3. The molecule has 1 aliphatic rings. The number of ether oxygens (including phenoxy) is 1. The minimum atomic E-state index is -5.57. The molecule has 1 N–H and O–H groups in total. The lowest BCUT2D eigenvalue weighted by Crippen LogP contribution is -2.33. The number of carbonyl (C=O) groups excluding carboxylic acids is 3. The van der Waals surface area contributed by atoms with Gasteiger partial charge in [-0.15, -0.1) is 0 Å². The van der Waals surface area contributed by atoms with Crippen LogP contribution in [0.3, 0.4) is 0 Å². The Kier molecular flexibility index (Phi) is 7.58. The first-order valence-electron chi connectivity index (χ1n) is 11.3. The van der Waals surface area contributed by atoms with E-state index in [2.05, 4.69) is 10.3 Å². The standard InChI is InChI=1S/C25H21F3N4O6S/c1-38-19-6-2-16(3-7-19)13-30-23(34)21-12-17(10-11-29-21)14-31-15-22(33)32(24(31)35)18-4-8-20(9-5-18)39(36,37)25(26,27)28/h2-12H,13-15H2,1H3,(H,30,34). The highest BCUT2D eigenvalue weighted by molar-refractivity contribution is 7.92. The molecule has 10 nitrogen and oxygen atoms in total. The van der Waals surface area contributed by atoms with Crippen molar-refractivity contribution in [3.63, 3.8) is 0 Å². The molecule has 1 aromatic heterocycles. The Bertz CT molecular complexity index is 1510. The van der Waals surface area contributed by atoms with E-state index in [0.29, 0.717) is 23.4 Å². The number of benzene rings is 2. The van der Waals surface area contributed by atoms with E-state index in [1.165, 1.54) is 17.2 Å². The number of hydrogen-bond donors (Lipinski definition) is 1. The summed E-state index contributed by atoms with van der Waals surface area (Å²) in [4.78, 5) is 43.0. The van der Waals surface area contributed by atoms with Crippen molar-refractivity contribution in [3.8, 4) is 5.75 Å². The van der Waals surface area contributed by atoms with Crippen molar-refractivity contribution < 1.29 is 40.7 Å². The summed E-state index contributed by atoms with van der Waals surface area (Å²) in [6.07, 6.45) is 1.39. The molecule has 0 spiro atoms. The van der Waals surface area contributed by atoms with Gasteiger partial charge >= 0.3 is 11.5 Å². The van der Waals surface area contributed by atoms with Crippen LogP contribution in [-0.4, -0.2) is 55.3 Å². The van der Waals surface area contributed by atoms with E-state index < -0.39 is 38.1 Å². The summed E-state index contributed by atoms with van der Waals surface area (Å²) in [6, 6.07) is 12.7. The molecule has 3 aromatic rings. The summed E-state index contributed by atoms with van der Waals surface area (Å²) in [7, 11) is -4.02. The number of alkyl halides is 3. The zero-order valence-corrected chi connectivity index (χ0v) is 21.1. The van der Waals surface area contributed by atoms with E-state index in [-0.39, 0.29) is 31.0 Å².